The Labute approximate surface area is 152 Å². The molecule has 0 aromatic carbocycles. The Hall–Kier alpha value is -1.89. The first-order valence-electron chi connectivity index (χ1n) is 9.53. The summed E-state index contributed by atoms with van der Waals surface area (Å²) in [5, 5.41) is 10.1. The molecule has 3 atom stereocenters. The molecule has 0 aromatic heterocycles. The molecule has 1 rings (SSSR count). The van der Waals surface area contributed by atoms with Crippen molar-refractivity contribution < 1.29 is 14.6 Å². The average molecular weight is 342 g/mol. The highest BCUT2D eigenvalue weighted by molar-refractivity contribution is 5.77. The number of aliphatic hydroxyl groups is 1. The maximum absolute atomic E-state index is 12.0. The molecule has 1 heterocycles. The molecule has 0 spiro atoms. The Balaban J connectivity index is 2.18. The van der Waals surface area contributed by atoms with Gasteiger partial charge < -0.3 is 9.84 Å². The van der Waals surface area contributed by atoms with Crippen molar-refractivity contribution in [3.8, 4) is 36.0 Å². The summed E-state index contributed by atoms with van der Waals surface area (Å²) < 4.78 is 5.41. The summed E-state index contributed by atoms with van der Waals surface area (Å²) in [6.07, 6.45) is 16.6. The quantitative estimate of drug-likeness (QED) is 0.373. The molecule has 1 saturated heterocycles. The monoisotopic (exact) mass is 342 g/mol. The lowest BCUT2D eigenvalue weighted by atomic mass is 9.92. The molecule has 0 bridgehead atoms. The van der Waals surface area contributed by atoms with Gasteiger partial charge in [-0.25, -0.2) is 0 Å². The predicted octanol–water partition coefficient (Wildman–Crippen LogP) is 3.84. The van der Waals surface area contributed by atoms with Gasteiger partial charge in [-0.2, -0.15) is 0 Å². The largest absolute Gasteiger partial charge is 0.461 e. The van der Waals surface area contributed by atoms with Crippen LogP contribution in [0.25, 0.3) is 0 Å². The maximum Gasteiger partial charge on any atom is 0.324 e. The van der Waals surface area contributed by atoms with E-state index in [1.54, 1.807) is 0 Å². The van der Waals surface area contributed by atoms with Gasteiger partial charge in [-0.1, -0.05) is 64.2 Å². The molecule has 0 aliphatic carbocycles. The number of terminal acetylenes is 1. The van der Waals surface area contributed by atoms with Crippen LogP contribution in [0.3, 0.4) is 0 Å². The van der Waals surface area contributed by atoms with Gasteiger partial charge in [0, 0.05) is 6.42 Å². The molecular weight excluding hydrogens is 312 g/mol. The third kappa shape index (κ3) is 9.24. The number of ether oxygens (including phenoxy) is 1. The highest BCUT2D eigenvalue weighted by Gasteiger charge is 2.36. The smallest absolute Gasteiger partial charge is 0.324 e. The standard InChI is InChI=1S/C22H30O3/c1-3-5-7-9-10-11-12-13-14-16-19-18-21(23)20(22(24)25-19)17-15-8-6-4-2/h2,19-21,23H,3,5,7,9-14,16,18H2,1H3/t19-,20+,21+/m1/s1. The van der Waals surface area contributed by atoms with Crippen LogP contribution in [0.2, 0.25) is 0 Å². The van der Waals surface area contributed by atoms with Crippen LogP contribution in [0.5, 0.6) is 0 Å². The van der Waals surface area contributed by atoms with Gasteiger partial charge in [0.15, 0.2) is 0 Å². The van der Waals surface area contributed by atoms with Gasteiger partial charge in [0.05, 0.1) is 6.10 Å². The van der Waals surface area contributed by atoms with E-state index in [0.717, 1.165) is 19.3 Å². The Bertz CT molecular complexity index is 550. The molecule has 1 N–H and O–H groups in total. The van der Waals surface area contributed by atoms with E-state index in [-0.39, 0.29) is 6.10 Å². The van der Waals surface area contributed by atoms with Gasteiger partial charge in [0.25, 0.3) is 0 Å². The molecule has 136 valence electrons. The van der Waals surface area contributed by atoms with Crippen molar-refractivity contribution >= 4 is 5.97 Å². The van der Waals surface area contributed by atoms with Gasteiger partial charge in [0.1, 0.15) is 12.0 Å². The first kappa shape index (κ1) is 21.2. The summed E-state index contributed by atoms with van der Waals surface area (Å²) in [5.41, 5.74) is 0. The number of esters is 1. The second kappa shape index (κ2) is 13.4. The number of carbonyl (C=O) groups excluding carboxylic acids is 1. The zero-order valence-electron chi connectivity index (χ0n) is 15.4. The van der Waals surface area contributed by atoms with Crippen molar-refractivity contribution in [1.82, 2.24) is 0 Å². The Morgan fingerprint density at radius 2 is 1.68 bits per heavy atom. The van der Waals surface area contributed by atoms with E-state index in [0.29, 0.717) is 6.42 Å². The summed E-state index contributed by atoms with van der Waals surface area (Å²) in [6.45, 7) is 2.23. The minimum atomic E-state index is -0.813. The highest BCUT2D eigenvalue weighted by atomic mass is 16.5. The second-order valence-corrected chi connectivity index (χ2v) is 6.62. The Morgan fingerprint density at radius 3 is 2.28 bits per heavy atom. The molecule has 0 unspecified atom stereocenters. The van der Waals surface area contributed by atoms with Crippen LogP contribution in [-0.2, 0) is 9.53 Å². The minimum absolute atomic E-state index is 0.193. The molecule has 0 amide bonds. The van der Waals surface area contributed by atoms with Crippen molar-refractivity contribution in [2.45, 2.75) is 89.8 Å². The zero-order valence-corrected chi connectivity index (χ0v) is 15.4. The van der Waals surface area contributed by atoms with Crippen molar-refractivity contribution in [3.05, 3.63) is 0 Å². The van der Waals surface area contributed by atoms with Gasteiger partial charge in [-0.3, -0.25) is 4.79 Å². The van der Waals surface area contributed by atoms with Crippen LogP contribution >= 0.6 is 0 Å². The Morgan fingerprint density at radius 1 is 1.04 bits per heavy atom. The van der Waals surface area contributed by atoms with Crippen LogP contribution < -0.4 is 0 Å². The number of hydrogen-bond donors (Lipinski definition) is 1. The fourth-order valence-electron chi connectivity index (χ4n) is 3.04. The summed E-state index contributed by atoms with van der Waals surface area (Å²) >= 11 is 0. The number of hydrogen-bond acceptors (Lipinski definition) is 3. The first-order chi connectivity index (χ1) is 12.2. The van der Waals surface area contributed by atoms with Crippen molar-refractivity contribution in [1.29, 1.82) is 0 Å². The molecule has 3 nitrogen and oxygen atoms in total. The fourth-order valence-corrected chi connectivity index (χ4v) is 3.04. The van der Waals surface area contributed by atoms with Crippen molar-refractivity contribution in [3.63, 3.8) is 0 Å². The van der Waals surface area contributed by atoms with Gasteiger partial charge >= 0.3 is 5.97 Å². The topological polar surface area (TPSA) is 46.5 Å². The number of cyclic esters (lactones) is 1. The summed E-state index contributed by atoms with van der Waals surface area (Å²) in [4.78, 5) is 12.0. The van der Waals surface area contributed by atoms with E-state index >= 15 is 0 Å². The van der Waals surface area contributed by atoms with Crippen LogP contribution in [-0.4, -0.2) is 23.3 Å². The SMILES string of the molecule is C#CC#CC#C[C@@H]1C(=O)O[C@H](CCCCCCCCCCC)C[C@@H]1O. The minimum Gasteiger partial charge on any atom is -0.461 e. The van der Waals surface area contributed by atoms with E-state index in [9.17, 15) is 9.90 Å². The van der Waals surface area contributed by atoms with Gasteiger partial charge in [-0.15, -0.1) is 6.42 Å². The molecule has 0 saturated carbocycles. The number of unbranched alkanes of at least 4 members (excludes halogenated alkanes) is 8. The molecular formula is C22H30O3. The lowest BCUT2D eigenvalue weighted by molar-refractivity contribution is -0.166. The van der Waals surface area contributed by atoms with E-state index in [2.05, 4.69) is 36.5 Å². The van der Waals surface area contributed by atoms with E-state index in [1.807, 2.05) is 0 Å². The average Bonchev–Trinajstić information content (AvgIpc) is 2.59. The molecule has 0 aromatic rings. The molecule has 3 heteroatoms. The molecule has 0 radical (unpaired) electrons. The molecule has 1 aliphatic heterocycles. The second-order valence-electron chi connectivity index (χ2n) is 6.62. The number of carbonyl (C=O) groups is 1. The molecule has 1 aliphatic rings. The van der Waals surface area contributed by atoms with Crippen LogP contribution in [0.4, 0.5) is 0 Å². The fraction of sp³-hybridized carbons (Fsp3) is 0.682. The normalized spacial score (nSPS) is 22.0. The van der Waals surface area contributed by atoms with Crippen LogP contribution in [0, 0.1) is 41.9 Å². The predicted molar refractivity (Wildman–Crippen MR) is 100 cm³/mol. The Kier molecular flexibility index (Phi) is 11.3. The third-order valence-electron chi connectivity index (χ3n) is 4.48. The van der Waals surface area contributed by atoms with E-state index in [1.165, 1.54) is 44.9 Å². The molecule has 1 fully saturated rings. The lowest BCUT2D eigenvalue weighted by Crippen LogP contribution is -2.40. The van der Waals surface area contributed by atoms with Crippen molar-refractivity contribution in [2.75, 3.05) is 0 Å². The van der Waals surface area contributed by atoms with E-state index in [4.69, 9.17) is 11.2 Å². The number of aliphatic hydroxyl groups excluding tert-OH is 1. The first-order valence-corrected chi connectivity index (χ1v) is 9.53. The van der Waals surface area contributed by atoms with Crippen LogP contribution in [0.1, 0.15) is 77.6 Å². The lowest BCUT2D eigenvalue weighted by Gasteiger charge is -2.29. The van der Waals surface area contributed by atoms with Crippen LogP contribution in [0.15, 0.2) is 0 Å². The summed E-state index contributed by atoms with van der Waals surface area (Å²) in [7, 11) is 0. The van der Waals surface area contributed by atoms with Gasteiger partial charge in [0.2, 0.25) is 0 Å². The third-order valence-corrected chi connectivity index (χ3v) is 4.48. The molecule has 25 heavy (non-hydrogen) atoms. The highest BCUT2D eigenvalue weighted by Crippen LogP contribution is 2.24. The van der Waals surface area contributed by atoms with Crippen molar-refractivity contribution in [2.24, 2.45) is 5.92 Å². The summed E-state index contributed by atoms with van der Waals surface area (Å²) in [5.74, 6) is 10.8. The number of rotatable bonds is 10. The zero-order chi connectivity index (χ0) is 18.3. The summed E-state index contributed by atoms with van der Waals surface area (Å²) in [6, 6.07) is 0. The maximum atomic E-state index is 12.0. The van der Waals surface area contributed by atoms with E-state index < -0.39 is 18.0 Å². The van der Waals surface area contributed by atoms with Gasteiger partial charge in [-0.05, 0) is 36.5 Å².